The highest BCUT2D eigenvalue weighted by Gasteiger charge is 2.20. The normalized spacial score (nSPS) is 11.6. The number of esters is 1. The monoisotopic (exact) mass is 374 g/mol. The van der Waals surface area contributed by atoms with E-state index < -0.39 is 5.97 Å². The molecule has 0 N–H and O–H groups in total. The van der Waals surface area contributed by atoms with Gasteiger partial charge in [-0.2, -0.15) is 4.79 Å². The van der Waals surface area contributed by atoms with Crippen LogP contribution in [0.5, 0.6) is 5.75 Å². The van der Waals surface area contributed by atoms with Gasteiger partial charge in [0.1, 0.15) is 5.75 Å². The third-order valence-corrected chi connectivity index (χ3v) is 4.35. The van der Waals surface area contributed by atoms with Gasteiger partial charge in [0.05, 0.1) is 13.2 Å². The molecule has 0 aromatic heterocycles. The number of hydrogen-bond donors (Lipinski definition) is 0. The third kappa shape index (κ3) is 8.87. The van der Waals surface area contributed by atoms with Gasteiger partial charge in [0.2, 0.25) is 0 Å². The molecule has 0 bridgehead atoms. The second-order valence-electron chi connectivity index (χ2n) is 8.92. The molecule has 1 aromatic carbocycles. The van der Waals surface area contributed by atoms with Crippen LogP contribution in [0, 0.1) is 0 Å². The highest BCUT2D eigenvalue weighted by atomic mass is 16.5. The average Bonchev–Trinajstić information content (AvgIpc) is 2.55. The third-order valence-electron chi connectivity index (χ3n) is 4.35. The Morgan fingerprint density at radius 1 is 0.926 bits per heavy atom. The molecular weight excluding hydrogens is 340 g/mol. The van der Waals surface area contributed by atoms with Crippen molar-refractivity contribution >= 4 is 12.2 Å². The van der Waals surface area contributed by atoms with Crippen LogP contribution in [0.1, 0.15) is 78.4 Å². The van der Waals surface area contributed by atoms with Crippen molar-refractivity contribution in [2.45, 2.75) is 78.1 Å². The quantitative estimate of drug-likeness (QED) is 0.199. The van der Waals surface area contributed by atoms with E-state index >= 15 is 0 Å². The molecule has 5 nitrogen and oxygen atoms in total. The first-order valence-corrected chi connectivity index (χ1v) is 9.67. The second kappa shape index (κ2) is 10.3. The first-order chi connectivity index (χ1) is 12.5. The molecule has 0 unspecified atom stereocenters. The first-order valence-electron chi connectivity index (χ1n) is 9.67. The molecule has 0 saturated carbocycles. The number of carbonyl (C=O) groups is 1. The predicted octanol–water partition coefficient (Wildman–Crippen LogP) is 5.06. The number of benzene rings is 1. The van der Waals surface area contributed by atoms with Crippen molar-refractivity contribution in [2.24, 2.45) is 0 Å². The zero-order valence-electron chi connectivity index (χ0n) is 17.7. The minimum atomic E-state index is -0.616. The zero-order chi connectivity index (χ0) is 20.5. The molecule has 1 aromatic rings. The molecule has 0 aliphatic rings. The lowest BCUT2D eigenvalue weighted by Gasteiger charge is -2.26. The van der Waals surface area contributed by atoms with Gasteiger partial charge in [0, 0.05) is 0 Å². The summed E-state index contributed by atoms with van der Waals surface area (Å²) < 4.78 is 10.9. The number of ether oxygens (including phenoxy) is 2. The fourth-order valence-electron chi connectivity index (χ4n) is 2.55. The molecular formula is C22H34N2O3. The van der Waals surface area contributed by atoms with Gasteiger partial charge >= 0.3 is 12.2 Å². The Morgan fingerprint density at radius 2 is 1.44 bits per heavy atom. The van der Waals surface area contributed by atoms with Crippen LogP contribution in [0.15, 0.2) is 18.2 Å². The molecule has 0 saturated heterocycles. The molecule has 0 aliphatic carbocycles. The molecule has 1 rings (SSSR count). The first kappa shape index (κ1) is 22.9. The Bertz CT molecular complexity index is 631. The minimum absolute atomic E-state index is 0.0809. The van der Waals surface area contributed by atoms with Gasteiger partial charge in [-0.25, -0.2) is 4.79 Å². The lowest BCUT2D eigenvalue weighted by Crippen LogP contribution is -2.16. The Morgan fingerprint density at radius 3 is 1.93 bits per heavy atom. The molecule has 0 heterocycles. The molecule has 0 radical (unpaired) electrons. The van der Waals surface area contributed by atoms with Gasteiger partial charge in [0.15, 0.2) is 0 Å². The lowest BCUT2D eigenvalue weighted by molar-refractivity contribution is -0.139. The summed E-state index contributed by atoms with van der Waals surface area (Å²) in [4.78, 5) is 13.6. The van der Waals surface area contributed by atoms with Crippen molar-refractivity contribution < 1.29 is 19.1 Å². The smallest absolute Gasteiger partial charge is 0.413 e. The summed E-state index contributed by atoms with van der Waals surface area (Å²) in [7, 11) is 0. The van der Waals surface area contributed by atoms with E-state index in [9.17, 15) is 4.79 Å². The number of nitrogens with zero attached hydrogens (tertiary/aromatic N) is 2. The van der Waals surface area contributed by atoms with E-state index in [0.717, 1.165) is 37.6 Å². The van der Waals surface area contributed by atoms with Crippen LogP contribution in [0.4, 0.5) is 0 Å². The average molecular weight is 375 g/mol. The Hall–Kier alpha value is -2.13. The molecule has 5 heteroatoms. The van der Waals surface area contributed by atoms with E-state index in [4.69, 9.17) is 15.0 Å². The Kier molecular flexibility index (Phi) is 8.71. The molecule has 0 fully saturated rings. The zero-order valence-corrected chi connectivity index (χ0v) is 17.7. The summed E-state index contributed by atoms with van der Waals surface area (Å²) in [6, 6.07) is 6.59. The van der Waals surface area contributed by atoms with Gasteiger partial charge in [-0.3, -0.25) is 0 Å². The topological polar surface area (TPSA) is 71.9 Å². The van der Waals surface area contributed by atoms with Gasteiger partial charge in [0.25, 0.3) is 0 Å². The molecule has 0 amide bonds. The highest BCUT2D eigenvalue weighted by molar-refractivity contribution is 6.20. The van der Waals surface area contributed by atoms with Gasteiger partial charge in [-0.15, -0.1) is 0 Å². The van der Waals surface area contributed by atoms with E-state index in [-0.39, 0.29) is 10.8 Å². The van der Waals surface area contributed by atoms with Crippen molar-refractivity contribution in [3.05, 3.63) is 34.9 Å². The van der Waals surface area contributed by atoms with Crippen molar-refractivity contribution in [1.29, 1.82) is 0 Å². The summed E-state index contributed by atoms with van der Waals surface area (Å²) in [5, 5.41) is 0. The van der Waals surface area contributed by atoms with Crippen molar-refractivity contribution in [2.75, 3.05) is 13.2 Å². The maximum Gasteiger partial charge on any atom is 0.413 e. The molecule has 0 spiro atoms. The Labute approximate surface area is 163 Å². The van der Waals surface area contributed by atoms with Crippen molar-refractivity contribution in [3.8, 4) is 5.75 Å². The van der Waals surface area contributed by atoms with Crippen LogP contribution in [0.3, 0.4) is 0 Å². The fraction of sp³-hybridized carbons (Fsp3) is 0.636. The summed E-state index contributed by atoms with van der Waals surface area (Å²) in [6.07, 6.45) is 4.47. The minimum Gasteiger partial charge on any atom is -0.494 e. The number of rotatable bonds is 9. The fourth-order valence-corrected chi connectivity index (χ4v) is 2.55. The van der Waals surface area contributed by atoms with Crippen LogP contribution < -0.4 is 4.74 Å². The summed E-state index contributed by atoms with van der Waals surface area (Å²) in [5.74, 6) is 0.318. The van der Waals surface area contributed by atoms with Crippen LogP contribution >= 0.6 is 0 Å². The van der Waals surface area contributed by atoms with Crippen LogP contribution in [-0.4, -0.2) is 30.2 Å². The van der Waals surface area contributed by atoms with Crippen molar-refractivity contribution in [3.63, 3.8) is 0 Å². The predicted molar refractivity (Wildman–Crippen MR) is 108 cm³/mol. The number of carbonyl (C=O) groups excluding carboxylic acids is 1. The highest BCUT2D eigenvalue weighted by Crippen LogP contribution is 2.32. The Balaban J connectivity index is 2.46. The van der Waals surface area contributed by atoms with E-state index in [2.05, 4.69) is 64.5 Å². The van der Waals surface area contributed by atoms with Crippen molar-refractivity contribution in [1.82, 2.24) is 0 Å². The summed E-state index contributed by atoms with van der Waals surface area (Å²) in [6.45, 7) is 14.3. The van der Waals surface area contributed by atoms with Gasteiger partial charge in [-0.1, -0.05) is 47.6 Å². The van der Waals surface area contributed by atoms with Crippen LogP contribution in [-0.2, 0) is 20.4 Å². The SMILES string of the molecule is CC(C)(C)c1cc(OCCCCCCOC(=O)C=[N+]=[N-])cc(C(C)(C)C)c1. The maximum atomic E-state index is 11.0. The largest absolute Gasteiger partial charge is 0.494 e. The summed E-state index contributed by atoms with van der Waals surface area (Å²) in [5.41, 5.74) is 10.9. The summed E-state index contributed by atoms with van der Waals surface area (Å²) >= 11 is 0. The second-order valence-corrected chi connectivity index (χ2v) is 8.92. The number of unbranched alkanes of at least 4 members (excludes halogenated alkanes) is 3. The van der Waals surface area contributed by atoms with E-state index in [1.54, 1.807) is 0 Å². The van der Waals surface area contributed by atoms with Gasteiger partial charge < -0.3 is 15.0 Å². The van der Waals surface area contributed by atoms with Crippen LogP contribution in [0.25, 0.3) is 5.53 Å². The van der Waals surface area contributed by atoms with E-state index in [0.29, 0.717) is 13.2 Å². The van der Waals surface area contributed by atoms with E-state index in [1.165, 1.54) is 11.1 Å². The number of hydrogen-bond acceptors (Lipinski definition) is 3. The standard InChI is InChI=1S/C22H34N2O3/c1-21(2,3)17-13-18(22(4,5)6)15-19(14-17)26-11-9-7-8-10-12-27-20(25)16-24-23/h13-16H,7-12H2,1-6H3. The maximum absolute atomic E-state index is 11.0. The van der Waals surface area contributed by atoms with Crippen LogP contribution in [0.2, 0.25) is 0 Å². The van der Waals surface area contributed by atoms with E-state index in [1.807, 2.05) is 0 Å². The lowest BCUT2D eigenvalue weighted by atomic mass is 9.80. The molecule has 150 valence electrons. The molecule has 0 atom stereocenters. The molecule has 0 aliphatic heterocycles. The van der Waals surface area contributed by atoms with Gasteiger partial charge in [-0.05, 0) is 59.8 Å². The molecule has 27 heavy (non-hydrogen) atoms.